The SMILES string of the molecule is COC(=O)CC#Cc1ccc2c[nH]c(=O)cc2c1. The second-order valence-electron chi connectivity index (χ2n) is 3.70. The van der Waals surface area contributed by atoms with Gasteiger partial charge in [-0.2, -0.15) is 0 Å². The molecule has 2 rings (SSSR count). The molecule has 1 N–H and O–H groups in total. The Kier molecular flexibility index (Phi) is 3.44. The number of pyridine rings is 1. The number of aromatic amines is 1. The van der Waals surface area contributed by atoms with Crippen molar-refractivity contribution in [3.05, 3.63) is 46.4 Å². The number of methoxy groups -OCH3 is 1. The number of hydrogen-bond acceptors (Lipinski definition) is 3. The van der Waals surface area contributed by atoms with E-state index in [0.717, 1.165) is 16.3 Å². The first kappa shape index (κ1) is 11.9. The number of H-pyrrole nitrogens is 1. The van der Waals surface area contributed by atoms with Gasteiger partial charge in [-0.3, -0.25) is 9.59 Å². The van der Waals surface area contributed by atoms with Gasteiger partial charge in [0.15, 0.2) is 0 Å². The van der Waals surface area contributed by atoms with Crippen molar-refractivity contribution >= 4 is 16.7 Å². The van der Waals surface area contributed by atoms with Crippen LogP contribution in [-0.4, -0.2) is 18.1 Å². The Morgan fingerprint density at radius 2 is 2.17 bits per heavy atom. The maximum absolute atomic E-state index is 11.2. The number of hydrogen-bond donors (Lipinski definition) is 1. The number of esters is 1. The van der Waals surface area contributed by atoms with E-state index in [2.05, 4.69) is 21.6 Å². The van der Waals surface area contributed by atoms with Gasteiger partial charge in [-0.05, 0) is 22.9 Å². The highest BCUT2D eigenvalue weighted by Crippen LogP contribution is 2.12. The van der Waals surface area contributed by atoms with E-state index in [-0.39, 0.29) is 17.9 Å². The lowest BCUT2D eigenvalue weighted by atomic mass is 10.1. The summed E-state index contributed by atoms with van der Waals surface area (Å²) in [6.45, 7) is 0. The van der Waals surface area contributed by atoms with Gasteiger partial charge in [0.2, 0.25) is 5.56 Å². The number of nitrogens with one attached hydrogen (secondary N) is 1. The van der Waals surface area contributed by atoms with Gasteiger partial charge >= 0.3 is 5.97 Å². The number of carbonyl (C=O) groups excluding carboxylic acids is 1. The molecule has 0 bridgehead atoms. The van der Waals surface area contributed by atoms with Crippen LogP contribution in [0.5, 0.6) is 0 Å². The summed E-state index contributed by atoms with van der Waals surface area (Å²) < 4.78 is 4.49. The standard InChI is InChI=1S/C14H11NO3/c1-18-14(17)4-2-3-10-5-6-11-9-15-13(16)8-12(11)7-10/h5-9H,4H2,1H3,(H,15,16). The molecular formula is C14H11NO3. The summed E-state index contributed by atoms with van der Waals surface area (Å²) in [6, 6.07) is 7.04. The molecule has 4 nitrogen and oxygen atoms in total. The highest BCUT2D eigenvalue weighted by atomic mass is 16.5. The molecule has 0 aliphatic rings. The van der Waals surface area contributed by atoms with Crippen LogP contribution in [0.4, 0.5) is 0 Å². The second kappa shape index (κ2) is 5.19. The minimum atomic E-state index is -0.361. The van der Waals surface area contributed by atoms with Crippen molar-refractivity contribution in [2.75, 3.05) is 7.11 Å². The van der Waals surface area contributed by atoms with Crippen molar-refractivity contribution in [1.29, 1.82) is 0 Å². The van der Waals surface area contributed by atoms with Crippen molar-refractivity contribution in [3.63, 3.8) is 0 Å². The molecule has 1 aromatic heterocycles. The fourth-order valence-corrected chi connectivity index (χ4v) is 1.53. The highest BCUT2D eigenvalue weighted by molar-refractivity contribution is 5.82. The van der Waals surface area contributed by atoms with Crippen LogP contribution >= 0.6 is 0 Å². The molecule has 0 atom stereocenters. The Balaban J connectivity index is 2.29. The van der Waals surface area contributed by atoms with Gasteiger partial charge in [0.05, 0.1) is 7.11 Å². The highest BCUT2D eigenvalue weighted by Gasteiger charge is 1.96. The van der Waals surface area contributed by atoms with E-state index in [1.54, 1.807) is 6.20 Å². The predicted octanol–water partition coefficient (Wildman–Crippen LogP) is 1.44. The first-order valence-electron chi connectivity index (χ1n) is 5.37. The largest absolute Gasteiger partial charge is 0.468 e. The number of rotatable bonds is 1. The van der Waals surface area contributed by atoms with Crippen LogP contribution in [0.25, 0.3) is 10.8 Å². The molecule has 1 heterocycles. The quantitative estimate of drug-likeness (QED) is 0.607. The maximum Gasteiger partial charge on any atom is 0.317 e. The number of fused-ring (bicyclic) bond motifs is 1. The van der Waals surface area contributed by atoms with Gasteiger partial charge in [0.1, 0.15) is 6.42 Å². The molecule has 0 unspecified atom stereocenters. The zero-order valence-corrected chi connectivity index (χ0v) is 9.82. The summed E-state index contributed by atoms with van der Waals surface area (Å²) in [5.41, 5.74) is 0.610. The van der Waals surface area contributed by atoms with Crippen molar-refractivity contribution < 1.29 is 9.53 Å². The van der Waals surface area contributed by atoms with Gasteiger partial charge in [-0.25, -0.2) is 0 Å². The topological polar surface area (TPSA) is 59.2 Å². The van der Waals surface area contributed by atoms with Crippen molar-refractivity contribution in [2.24, 2.45) is 0 Å². The maximum atomic E-state index is 11.2. The normalized spacial score (nSPS) is 9.61. The summed E-state index contributed by atoms with van der Waals surface area (Å²) in [6.07, 6.45) is 1.72. The predicted molar refractivity (Wildman–Crippen MR) is 68.1 cm³/mol. The van der Waals surface area contributed by atoms with Crippen LogP contribution < -0.4 is 5.56 Å². The Morgan fingerprint density at radius 1 is 1.33 bits per heavy atom. The van der Waals surface area contributed by atoms with Gasteiger partial charge in [-0.1, -0.05) is 17.9 Å². The van der Waals surface area contributed by atoms with E-state index in [9.17, 15) is 9.59 Å². The van der Waals surface area contributed by atoms with Crippen LogP contribution in [0.2, 0.25) is 0 Å². The summed E-state index contributed by atoms with van der Waals surface area (Å²) in [5.74, 6) is 5.22. The van der Waals surface area contributed by atoms with E-state index < -0.39 is 0 Å². The van der Waals surface area contributed by atoms with Gasteiger partial charge < -0.3 is 9.72 Å². The Labute approximate surface area is 104 Å². The average Bonchev–Trinajstić information content (AvgIpc) is 2.38. The molecule has 0 saturated heterocycles. The summed E-state index contributed by atoms with van der Waals surface area (Å²) in [5, 5.41) is 1.76. The van der Waals surface area contributed by atoms with Crippen molar-refractivity contribution in [2.45, 2.75) is 6.42 Å². The van der Waals surface area contributed by atoms with Crippen LogP contribution in [0.1, 0.15) is 12.0 Å². The minimum Gasteiger partial charge on any atom is -0.468 e. The monoisotopic (exact) mass is 241 g/mol. The third-order valence-electron chi connectivity index (χ3n) is 2.44. The fourth-order valence-electron chi connectivity index (χ4n) is 1.53. The molecule has 0 radical (unpaired) electrons. The molecule has 90 valence electrons. The van der Waals surface area contributed by atoms with E-state index in [1.807, 2.05) is 18.2 Å². The molecule has 0 spiro atoms. The zero-order chi connectivity index (χ0) is 13.0. The molecule has 0 fully saturated rings. The van der Waals surface area contributed by atoms with Crippen LogP contribution in [0, 0.1) is 11.8 Å². The minimum absolute atomic E-state index is 0.0594. The second-order valence-corrected chi connectivity index (χ2v) is 3.70. The lowest BCUT2D eigenvalue weighted by molar-refractivity contribution is -0.139. The molecule has 18 heavy (non-hydrogen) atoms. The number of carbonyl (C=O) groups is 1. The molecule has 0 aliphatic heterocycles. The summed E-state index contributed by atoms with van der Waals surface area (Å²) >= 11 is 0. The molecule has 0 amide bonds. The third kappa shape index (κ3) is 2.77. The summed E-state index contributed by atoms with van der Waals surface area (Å²) in [7, 11) is 1.33. The Hall–Kier alpha value is -2.54. The molecule has 2 aromatic rings. The van der Waals surface area contributed by atoms with E-state index >= 15 is 0 Å². The third-order valence-corrected chi connectivity index (χ3v) is 2.44. The first-order valence-corrected chi connectivity index (χ1v) is 5.37. The van der Waals surface area contributed by atoms with Crippen LogP contribution in [0.3, 0.4) is 0 Å². The molecular weight excluding hydrogens is 230 g/mol. The Morgan fingerprint density at radius 3 is 2.94 bits per heavy atom. The molecule has 0 aliphatic carbocycles. The van der Waals surface area contributed by atoms with Crippen LogP contribution in [0.15, 0.2) is 35.3 Å². The zero-order valence-electron chi connectivity index (χ0n) is 9.82. The lowest BCUT2D eigenvalue weighted by Crippen LogP contribution is -2.01. The average molecular weight is 241 g/mol. The van der Waals surface area contributed by atoms with Gasteiger partial charge in [-0.15, -0.1) is 0 Å². The van der Waals surface area contributed by atoms with E-state index in [0.29, 0.717) is 0 Å². The van der Waals surface area contributed by atoms with Crippen molar-refractivity contribution in [1.82, 2.24) is 4.98 Å². The summed E-state index contributed by atoms with van der Waals surface area (Å²) in [4.78, 5) is 24.7. The number of aromatic nitrogens is 1. The van der Waals surface area contributed by atoms with E-state index in [4.69, 9.17) is 0 Å². The molecule has 1 aromatic carbocycles. The van der Waals surface area contributed by atoms with Crippen LogP contribution in [-0.2, 0) is 9.53 Å². The lowest BCUT2D eigenvalue weighted by Gasteiger charge is -1.97. The molecule has 0 saturated carbocycles. The van der Waals surface area contributed by atoms with Gasteiger partial charge in [0.25, 0.3) is 0 Å². The van der Waals surface area contributed by atoms with Crippen molar-refractivity contribution in [3.8, 4) is 11.8 Å². The fraction of sp³-hybridized carbons (Fsp3) is 0.143. The Bertz CT molecular complexity index is 704. The van der Waals surface area contributed by atoms with Gasteiger partial charge in [0, 0.05) is 17.8 Å². The number of benzene rings is 1. The first-order chi connectivity index (χ1) is 8.69. The van der Waals surface area contributed by atoms with E-state index in [1.165, 1.54) is 13.2 Å². The smallest absolute Gasteiger partial charge is 0.317 e. The molecule has 4 heteroatoms. The number of ether oxygens (including phenoxy) is 1.